The maximum absolute atomic E-state index is 13.5. The molecular formula is C31H29BrN4O4S. The smallest absolute Gasteiger partial charge is 0.257 e. The number of carbonyl (C=O) groups excluding carboxylic acids is 2. The van der Waals surface area contributed by atoms with Crippen LogP contribution in [0.2, 0.25) is 0 Å². The van der Waals surface area contributed by atoms with E-state index in [1.165, 1.54) is 0 Å². The van der Waals surface area contributed by atoms with Gasteiger partial charge in [0.2, 0.25) is 0 Å². The molecular weight excluding hydrogens is 604 g/mol. The topological polar surface area (TPSA) is 92.7 Å². The number of amides is 2. The lowest BCUT2D eigenvalue weighted by Crippen LogP contribution is -2.47. The lowest BCUT2D eigenvalue weighted by molar-refractivity contribution is 0.0950. The summed E-state index contributed by atoms with van der Waals surface area (Å²) in [4.78, 5) is 42.5. The first-order valence-electron chi connectivity index (χ1n) is 13.4. The Hall–Kier alpha value is -3.89. The molecule has 6 rings (SSSR count). The van der Waals surface area contributed by atoms with Crippen molar-refractivity contribution in [1.82, 2.24) is 9.88 Å². The standard InChI is InChI=1S/C31H29BrN4O4S/c1-40-22-8-9-25(32)24(14-22)31(39)34-26-13-20(30(38)33-15-23-4-3-11-41-23)7-10-28(26)35-16-19-12-21(18-35)27-5-2-6-29(37)36(27)17-19/h2-11,13-14,19,21H,12,15-18H2,1H3,(H,33,38)(H,34,39)/t19-,21+/m1/s1. The first-order valence-corrected chi connectivity index (χ1v) is 15.1. The molecule has 10 heteroatoms. The van der Waals surface area contributed by atoms with E-state index < -0.39 is 0 Å². The van der Waals surface area contributed by atoms with Gasteiger partial charge in [-0.25, -0.2) is 0 Å². The summed E-state index contributed by atoms with van der Waals surface area (Å²) >= 11 is 5.07. The predicted octanol–water partition coefficient (Wildman–Crippen LogP) is 5.49. The molecule has 2 bridgehead atoms. The van der Waals surface area contributed by atoms with Crippen molar-refractivity contribution in [1.29, 1.82) is 0 Å². The number of ether oxygens (including phenoxy) is 1. The number of methoxy groups -OCH3 is 1. The van der Waals surface area contributed by atoms with Crippen molar-refractivity contribution >= 4 is 50.5 Å². The van der Waals surface area contributed by atoms with Gasteiger partial charge in [-0.05, 0) is 82.2 Å². The number of hydrogen-bond acceptors (Lipinski definition) is 6. The van der Waals surface area contributed by atoms with Crippen molar-refractivity contribution in [2.24, 2.45) is 5.92 Å². The van der Waals surface area contributed by atoms with Crippen LogP contribution in [0.5, 0.6) is 5.75 Å². The average Bonchev–Trinajstić information content (AvgIpc) is 3.50. The number of anilines is 2. The molecule has 0 radical (unpaired) electrons. The van der Waals surface area contributed by atoms with E-state index in [0.717, 1.165) is 29.2 Å². The third-order valence-electron chi connectivity index (χ3n) is 7.75. The number of piperidine rings is 1. The van der Waals surface area contributed by atoms with E-state index in [1.54, 1.807) is 54.8 Å². The van der Waals surface area contributed by atoms with E-state index in [2.05, 4.69) is 31.5 Å². The fourth-order valence-corrected chi connectivity index (χ4v) is 6.90. The number of aromatic nitrogens is 1. The molecule has 1 saturated heterocycles. The van der Waals surface area contributed by atoms with Crippen LogP contribution in [0.15, 0.2) is 81.4 Å². The summed E-state index contributed by atoms with van der Waals surface area (Å²) in [5.41, 5.74) is 3.37. The summed E-state index contributed by atoms with van der Waals surface area (Å²) < 4.78 is 7.87. The van der Waals surface area contributed by atoms with Crippen LogP contribution in [0.4, 0.5) is 11.4 Å². The Kier molecular flexibility index (Phi) is 7.68. The molecule has 4 aromatic rings. The van der Waals surface area contributed by atoms with Crippen molar-refractivity contribution in [3.8, 4) is 5.75 Å². The summed E-state index contributed by atoms with van der Waals surface area (Å²) in [6, 6.07) is 20.1. The number of benzene rings is 2. The van der Waals surface area contributed by atoms with E-state index in [4.69, 9.17) is 4.74 Å². The number of hydrogen-bond donors (Lipinski definition) is 2. The first-order chi connectivity index (χ1) is 19.9. The molecule has 8 nitrogen and oxygen atoms in total. The molecule has 2 aromatic carbocycles. The fraction of sp³-hybridized carbons (Fsp3) is 0.258. The normalized spacial score (nSPS) is 17.5. The SMILES string of the molecule is COc1ccc(Br)c(C(=O)Nc2cc(C(=O)NCc3cccs3)ccc2N2C[C@H]3C[C@@H](C2)c2cccc(=O)n2C3)c1. The Morgan fingerprint density at radius 2 is 1.90 bits per heavy atom. The van der Waals surface area contributed by atoms with Gasteiger partial charge in [-0.1, -0.05) is 12.1 Å². The highest BCUT2D eigenvalue weighted by atomic mass is 79.9. The Labute approximate surface area is 250 Å². The molecule has 4 heterocycles. The lowest BCUT2D eigenvalue weighted by atomic mass is 9.83. The molecule has 0 saturated carbocycles. The van der Waals surface area contributed by atoms with Crippen LogP contribution in [0.1, 0.15) is 43.6 Å². The fourth-order valence-electron chi connectivity index (χ4n) is 5.82. The van der Waals surface area contributed by atoms with E-state index >= 15 is 0 Å². The molecule has 2 N–H and O–H groups in total. The number of halogens is 1. The van der Waals surface area contributed by atoms with Crippen LogP contribution in [0.3, 0.4) is 0 Å². The maximum Gasteiger partial charge on any atom is 0.257 e. The molecule has 41 heavy (non-hydrogen) atoms. The summed E-state index contributed by atoms with van der Waals surface area (Å²) in [7, 11) is 1.56. The van der Waals surface area contributed by atoms with Gasteiger partial charge in [0.1, 0.15) is 5.75 Å². The predicted molar refractivity (Wildman–Crippen MR) is 164 cm³/mol. The van der Waals surface area contributed by atoms with Gasteiger partial charge in [-0.3, -0.25) is 14.4 Å². The second-order valence-corrected chi connectivity index (χ2v) is 12.3. The van der Waals surface area contributed by atoms with E-state index in [-0.39, 0.29) is 23.3 Å². The van der Waals surface area contributed by atoms with Crippen molar-refractivity contribution in [3.63, 3.8) is 0 Å². The zero-order valence-corrected chi connectivity index (χ0v) is 24.8. The number of rotatable bonds is 7. The van der Waals surface area contributed by atoms with Crippen LogP contribution >= 0.6 is 27.3 Å². The van der Waals surface area contributed by atoms with Crippen molar-refractivity contribution in [3.05, 3.63) is 109 Å². The number of nitrogens with zero attached hydrogens (tertiary/aromatic N) is 2. The van der Waals surface area contributed by atoms with Gasteiger partial charge >= 0.3 is 0 Å². The molecule has 2 aromatic heterocycles. The minimum atomic E-state index is -0.317. The Morgan fingerprint density at radius 1 is 1.02 bits per heavy atom. The van der Waals surface area contributed by atoms with Crippen LogP contribution in [0.25, 0.3) is 0 Å². The molecule has 0 aliphatic carbocycles. The van der Waals surface area contributed by atoms with E-state index in [9.17, 15) is 14.4 Å². The maximum atomic E-state index is 13.5. The number of pyridine rings is 1. The summed E-state index contributed by atoms with van der Waals surface area (Å²) in [6.45, 7) is 2.55. The van der Waals surface area contributed by atoms with Crippen LogP contribution in [-0.4, -0.2) is 36.6 Å². The van der Waals surface area contributed by atoms with E-state index in [0.29, 0.717) is 52.6 Å². The van der Waals surface area contributed by atoms with Crippen LogP contribution < -0.4 is 25.8 Å². The quantitative estimate of drug-likeness (QED) is 0.281. The minimum absolute atomic E-state index is 0.0420. The summed E-state index contributed by atoms with van der Waals surface area (Å²) in [6.07, 6.45) is 1.02. The summed E-state index contributed by atoms with van der Waals surface area (Å²) in [5.74, 6) is 0.527. The van der Waals surface area contributed by atoms with Crippen molar-refractivity contribution in [2.75, 3.05) is 30.4 Å². The molecule has 0 unspecified atom stereocenters. The molecule has 2 atom stereocenters. The van der Waals surface area contributed by atoms with Gasteiger partial charge in [0.25, 0.3) is 17.4 Å². The Balaban J connectivity index is 1.32. The minimum Gasteiger partial charge on any atom is -0.497 e. The van der Waals surface area contributed by atoms with Gasteiger partial charge in [0.15, 0.2) is 0 Å². The molecule has 2 aliphatic rings. The lowest BCUT2D eigenvalue weighted by Gasteiger charge is -2.44. The van der Waals surface area contributed by atoms with Gasteiger partial charge < -0.3 is 24.8 Å². The van der Waals surface area contributed by atoms with Gasteiger partial charge in [-0.15, -0.1) is 11.3 Å². The third-order valence-corrected chi connectivity index (χ3v) is 9.32. The van der Waals surface area contributed by atoms with Gasteiger partial charge in [0, 0.05) is 52.2 Å². The zero-order valence-electron chi connectivity index (χ0n) is 22.4. The molecule has 2 aliphatic heterocycles. The van der Waals surface area contributed by atoms with Crippen LogP contribution in [0, 0.1) is 5.92 Å². The van der Waals surface area contributed by atoms with Crippen molar-refractivity contribution in [2.45, 2.75) is 25.4 Å². The Morgan fingerprint density at radius 3 is 2.71 bits per heavy atom. The summed E-state index contributed by atoms with van der Waals surface area (Å²) in [5, 5.41) is 8.03. The first kappa shape index (κ1) is 27.3. The zero-order chi connectivity index (χ0) is 28.5. The third kappa shape index (κ3) is 5.67. The highest BCUT2D eigenvalue weighted by Crippen LogP contribution is 2.39. The van der Waals surface area contributed by atoms with Gasteiger partial charge in [-0.2, -0.15) is 0 Å². The molecule has 1 fully saturated rings. The van der Waals surface area contributed by atoms with E-state index in [1.807, 2.05) is 40.3 Å². The average molecular weight is 634 g/mol. The highest BCUT2D eigenvalue weighted by molar-refractivity contribution is 9.10. The molecule has 210 valence electrons. The Bertz CT molecular complexity index is 1670. The number of nitrogens with one attached hydrogen (secondary N) is 2. The number of thiophene rings is 1. The number of fused-ring (bicyclic) bond motifs is 4. The van der Waals surface area contributed by atoms with Crippen molar-refractivity contribution < 1.29 is 14.3 Å². The number of carbonyl (C=O) groups is 2. The molecule has 0 spiro atoms. The highest BCUT2D eigenvalue weighted by Gasteiger charge is 2.35. The van der Waals surface area contributed by atoms with Gasteiger partial charge in [0.05, 0.1) is 30.6 Å². The second kappa shape index (κ2) is 11.5. The largest absolute Gasteiger partial charge is 0.497 e. The van der Waals surface area contributed by atoms with Crippen LogP contribution in [-0.2, 0) is 13.1 Å². The second-order valence-electron chi connectivity index (χ2n) is 10.4. The molecule has 2 amide bonds. The monoisotopic (exact) mass is 632 g/mol.